The maximum atomic E-state index is 6.15. The molecule has 106 valence electrons. The Morgan fingerprint density at radius 2 is 2.05 bits per heavy atom. The van der Waals surface area contributed by atoms with Gasteiger partial charge < -0.3 is 9.64 Å². The van der Waals surface area contributed by atoms with Crippen molar-refractivity contribution in [3.05, 3.63) is 23.2 Å². The molecule has 0 radical (unpaired) electrons. The highest BCUT2D eigenvalue weighted by atomic mass is 35.5. The number of ether oxygens (including phenoxy) is 1. The summed E-state index contributed by atoms with van der Waals surface area (Å²) in [6.45, 7) is 0. The molecule has 2 saturated heterocycles. The molecule has 0 saturated carbocycles. The number of rotatable bonds is 2. The maximum absolute atomic E-state index is 6.15. The second-order valence-corrected chi connectivity index (χ2v) is 7.28. The molecule has 2 bridgehead atoms. The molecule has 2 atom stereocenters. The summed E-state index contributed by atoms with van der Waals surface area (Å²) in [6, 6.07) is 7.19. The van der Waals surface area contributed by atoms with Crippen molar-refractivity contribution in [2.24, 2.45) is 0 Å². The molecule has 1 aromatic heterocycles. The molecule has 2 aliphatic heterocycles. The minimum absolute atomic E-state index is 0.319. The highest BCUT2D eigenvalue weighted by Crippen LogP contribution is 2.37. The van der Waals surface area contributed by atoms with Crippen LogP contribution in [0, 0.1) is 0 Å². The smallest absolute Gasteiger partial charge is 0.274 e. The highest BCUT2D eigenvalue weighted by Gasteiger charge is 2.39. The van der Waals surface area contributed by atoms with E-state index >= 15 is 0 Å². The van der Waals surface area contributed by atoms with Gasteiger partial charge in [0, 0.05) is 17.1 Å². The third kappa shape index (κ3) is 2.20. The van der Waals surface area contributed by atoms with Crippen molar-refractivity contribution in [1.82, 2.24) is 9.88 Å². The fraction of sp³-hybridized carbons (Fsp3) is 0.533. The quantitative estimate of drug-likeness (QED) is 0.840. The standard InChI is InChI=1S/C15H17ClN2OS/c1-18-10-3-4-11(18)8-12(7-10)19-15-17-13-5-2-9(16)6-14(13)20-15/h2,5-6,10-12H,3-4,7-8H2,1H3. The van der Waals surface area contributed by atoms with Gasteiger partial charge in [-0.3, -0.25) is 0 Å². The highest BCUT2D eigenvalue weighted by molar-refractivity contribution is 7.20. The summed E-state index contributed by atoms with van der Waals surface area (Å²) < 4.78 is 7.25. The molecular weight excluding hydrogens is 292 g/mol. The molecule has 2 fully saturated rings. The lowest BCUT2D eigenvalue weighted by Gasteiger charge is -2.35. The van der Waals surface area contributed by atoms with Crippen LogP contribution in [-0.2, 0) is 0 Å². The first-order chi connectivity index (χ1) is 9.69. The number of hydrogen-bond acceptors (Lipinski definition) is 4. The van der Waals surface area contributed by atoms with Gasteiger partial charge in [-0.1, -0.05) is 22.9 Å². The van der Waals surface area contributed by atoms with Crippen LogP contribution in [0.2, 0.25) is 5.02 Å². The van der Waals surface area contributed by atoms with E-state index in [1.54, 1.807) is 11.3 Å². The summed E-state index contributed by atoms with van der Waals surface area (Å²) in [6.07, 6.45) is 5.21. The van der Waals surface area contributed by atoms with Crippen LogP contribution in [0.4, 0.5) is 0 Å². The van der Waals surface area contributed by atoms with Gasteiger partial charge in [-0.25, -0.2) is 4.98 Å². The summed E-state index contributed by atoms with van der Waals surface area (Å²) >= 11 is 7.61. The van der Waals surface area contributed by atoms with Gasteiger partial charge in [-0.15, -0.1) is 0 Å². The van der Waals surface area contributed by atoms with E-state index in [1.165, 1.54) is 12.8 Å². The van der Waals surface area contributed by atoms with Crippen molar-refractivity contribution in [3.8, 4) is 5.19 Å². The van der Waals surface area contributed by atoms with Crippen molar-refractivity contribution in [2.45, 2.75) is 43.9 Å². The number of aromatic nitrogens is 1. The minimum Gasteiger partial charge on any atom is -0.467 e. The van der Waals surface area contributed by atoms with E-state index in [-0.39, 0.29) is 0 Å². The number of piperidine rings is 1. The number of benzene rings is 1. The molecule has 3 nitrogen and oxygen atoms in total. The summed E-state index contributed by atoms with van der Waals surface area (Å²) in [5, 5.41) is 1.54. The first-order valence-electron chi connectivity index (χ1n) is 7.14. The second-order valence-electron chi connectivity index (χ2n) is 5.85. The Balaban J connectivity index is 1.53. The molecule has 2 aromatic rings. The molecule has 0 amide bonds. The first kappa shape index (κ1) is 12.9. The molecule has 20 heavy (non-hydrogen) atoms. The topological polar surface area (TPSA) is 25.4 Å². The zero-order valence-electron chi connectivity index (χ0n) is 11.4. The van der Waals surface area contributed by atoms with Crippen molar-refractivity contribution >= 4 is 33.2 Å². The lowest BCUT2D eigenvalue weighted by Crippen LogP contribution is -2.43. The number of fused-ring (bicyclic) bond motifs is 3. The zero-order chi connectivity index (χ0) is 13.7. The van der Waals surface area contributed by atoms with E-state index in [2.05, 4.69) is 16.9 Å². The summed E-state index contributed by atoms with van der Waals surface area (Å²) in [4.78, 5) is 7.09. The predicted octanol–water partition coefficient (Wildman–Crippen LogP) is 3.95. The van der Waals surface area contributed by atoms with Gasteiger partial charge >= 0.3 is 0 Å². The lowest BCUT2D eigenvalue weighted by atomic mass is 10.0. The Morgan fingerprint density at radius 3 is 2.80 bits per heavy atom. The van der Waals surface area contributed by atoms with Gasteiger partial charge in [0.1, 0.15) is 6.10 Å². The molecule has 4 rings (SSSR count). The van der Waals surface area contributed by atoms with Crippen LogP contribution in [0.15, 0.2) is 18.2 Å². The first-order valence-corrected chi connectivity index (χ1v) is 8.33. The van der Waals surface area contributed by atoms with Gasteiger partial charge in [0.15, 0.2) is 0 Å². The van der Waals surface area contributed by atoms with Crippen LogP contribution in [0.3, 0.4) is 0 Å². The minimum atomic E-state index is 0.319. The number of hydrogen-bond donors (Lipinski definition) is 0. The fourth-order valence-electron chi connectivity index (χ4n) is 3.53. The normalized spacial score (nSPS) is 30.0. The van der Waals surface area contributed by atoms with E-state index in [0.717, 1.165) is 33.3 Å². The van der Waals surface area contributed by atoms with Crippen LogP contribution < -0.4 is 4.74 Å². The van der Waals surface area contributed by atoms with Gasteiger partial charge in [0.25, 0.3) is 5.19 Å². The third-order valence-electron chi connectivity index (χ3n) is 4.65. The lowest BCUT2D eigenvalue weighted by molar-refractivity contribution is 0.0661. The number of thiazole rings is 1. The summed E-state index contributed by atoms with van der Waals surface area (Å²) in [5.41, 5.74) is 0.977. The van der Waals surface area contributed by atoms with Crippen molar-refractivity contribution in [2.75, 3.05) is 7.05 Å². The Morgan fingerprint density at radius 1 is 1.30 bits per heavy atom. The van der Waals surface area contributed by atoms with E-state index in [4.69, 9.17) is 16.3 Å². The van der Waals surface area contributed by atoms with Gasteiger partial charge in [0.2, 0.25) is 0 Å². The second kappa shape index (κ2) is 4.86. The number of halogens is 1. The largest absolute Gasteiger partial charge is 0.467 e. The summed E-state index contributed by atoms with van der Waals surface area (Å²) in [7, 11) is 2.25. The molecule has 0 spiro atoms. The predicted molar refractivity (Wildman–Crippen MR) is 82.9 cm³/mol. The third-order valence-corrected chi connectivity index (χ3v) is 5.80. The molecule has 1 aromatic carbocycles. The van der Waals surface area contributed by atoms with Gasteiger partial charge in [-0.2, -0.15) is 0 Å². The van der Waals surface area contributed by atoms with Crippen LogP contribution in [0.25, 0.3) is 10.2 Å². The Hall–Kier alpha value is -0.840. The van der Waals surface area contributed by atoms with E-state index in [0.29, 0.717) is 18.2 Å². The molecule has 3 heterocycles. The monoisotopic (exact) mass is 308 g/mol. The van der Waals surface area contributed by atoms with Crippen molar-refractivity contribution in [3.63, 3.8) is 0 Å². The van der Waals surface area contributed by atoms with E-state index in [1.807, 2.05) is 18.2 Å². The molecular formula is C15H17ClN2OS. The average molecular weight is 309 g/mol. The van der Waals surface area contributed by atoms with Crippen LogP contribution >= 0.6 is 22.9 Å². The van der Waals surface area contributed by atoms with Crippen LogP contribution in [0.5, 0.6) is 5.19 Å². The maximum Gasteiger partial charge on any atom is 0.274 e. The van der Waals surface area contributed by atoms with Crippen LogP contribution in [-0.4, -0.2) is 35.1 Å². The van der Waals surface area contributed by atoms with Crippen LogP contribution in [0.1, 0.15) is 25.7 Å². The van der Waals surface area contributed by atoms with Gasteiger partial charge in [-0.05, 0) is 50.9 Å². The molecule has 0 N–H and O–H groups in total. The molecule has 5 heteroatoms. The Kier molecular flexibility index (Phi) is 3.13. The molecule has 2 aliphatic rings. The van der Waals surface area contributed by atoms with E-state index in [9.17, 15) is 0 Å². The average Bonchev–Trinajstić information content (AvgIpc) is 2.87. The van der Waals surface area contributed by atoms with E-state index < -0.39 is 0 Å². The Bertz CT molecular complexity index is 630. The number of nitrogens with zero attached hydrogens (tertiary/aromatic N) is 2. The molecule has 0 aliphatic carbocycles. The fourth-order valence-corrected chi connectivity index (χ4v) is 4.69. The SMILES string of the molecule is CN1C2CCC1CC(Oc1nc3ccc(Cl)cc3s1)C2. The van der Waals surface area contributed by atoms with Gasteiger partial charge in [0.05, 0.1) is 10.2 Å². The summed E-state index contributed by atoms with van der Waals surface area (Å²) in [5.74, 6) is 0. The van der Waals surface area contributed by atoms with Crippen molar-refractivity contribution in [1.29, 1.82) is 0 Å². The Labute approximate surface area is 127 Å². The zero-order valence-corrected chi connectivity index (χ0v) is 13.0. The molecule has 2 unspecified atom stereocenters. The van der Waals surface area contributed by atoms with Crippen molar-refractivity contribution < 1.29 is 4.74 Å².